The van der Waals surface area contributed by atoms with E-state index < -0.39 is 0 Å². The van der Waals surface area contributed by atoms with Crippen LogP contribution < -0.4 is 0 Å². The summed E-state index contributed by atoms with van der Waals surface area (Å²) in [6, 6.07) is 10.9. The molecule has 134 valence electrons. The number of hydrogen-bond acceptors (Lipinski definition) is 4. The first-order valence-corrected chi connectivity index (χ1v) is 9.00. The van der Waals surface area contributed by atoms with Gasteiger partial charge >= 0.3 is 0 Å². The van der Waals surface area contributed by atoms with Gasteiger partial charge < -0.3 is 9.64 Å². The third kappa shape index (κ3) is 3.91. The number of likely N-dealkylation sites (N-methyl/N-ethyl adjacent to an activating group) is 1. The minimum atomic E-state index is 0.252. The molecule has 1 saturated carbocycles. The second-order valence-electron chi connectivity index (χ2n) is 7.93. The lowest BCUT2D eigenvalue weighted by atomic mass is 9.87. The minimum absolute atomic E-state index is 0.252. The van der Waals surface area contributed by atoms with E-state index in [9.17, 15) is 0 Å². The Bertz CT molecular complexity index is 684. The van der Waals surface area contributed by atoms with Gasteiger partial charge in [-0.15, -0.1) is 0 Å². The first kappa shape index (κ1) is 18.0. The highest BCUT2D eigenvalue weighted by atomic mass is 16.5. The Morgan fingerprint density at radius 1 is 1.12 bits per heavy atom. The van der Waals surface area contributed by atoms with Crippen LogP contribution in [-0.2, 0) is 23.1 Å². The Kier molecular flexibility index (Phi) is 5.21. The SMILES string of the molecule is COCCc1ncc(CN(C)CC2(c3ccccc3)CC2(C)C)cn1. The lowest BCUT2D eigenvalue weighted by Crippen LogP contribution is -2.32. The van der Waals surface area contributed by atoms with E-state index >= 15 is 0 Å². The number of aromatic nitrogens is 2. The number of nitrogens with zero attached hydrogens (tertiary/aromatic N) is 3. The average molecular weight is 339 g/mol. The van der Waals surface area contributed by atoms with Crippen LogP contribution in [0.5, 0.6) is 0 Å². The zero-order valence-corrected chi connectivity index (χ0v) is 15.8. The van der Waals surface area contributed by atoms with Crippen LogP contribution in [0.25, 0.3) is 0 Å². The third-order valence-corrected chi connectivity index (χ3v) is 5.52. The molecule has 0 amide bonds. The Morgan fingerprint density at radius 3 is 2.32 bits per heavy atom. The van der Waals surface area contributed by atoms with Gasteiger partial charge in [0.2, 0.25) is 0 Å². The van der Waals surface area contributed by atoms with Gasteiger partial charge in [-0.1, -0.05) is 44.2 Å². The van der Waals surface area contributed by atoms with Gasteiger partial charge in [-0.2, -0.15) is 0 Å². The predicted octanol–water partition coefficient (Wildman–Crippen LogP) is 3.47. The summed E-state index contributed by atoms with van der Waals surface area (Å²) in [6.45, 7) is 7.34. The van der Waals surface area contributed by atoms with Crippen molar-refractivity contribution in [1.29, 1.82) is 0 Å². The molecule has 0 saturated heterocycles. The Morgan fingerprint density at radius 2 is 1.76 bits per heavy atom. The van der Waals surface area contributed by atoms with E-state index in [4.69, 9.17) is 4.74 Å². The maximum Gasteiger partial charge on any atom is 0.130 e. The van der Waals surface area contributed by atoms with Gasteiger partial charge in [0.15, 0.2) is 0 Å². The molecule has 1 aliphatic carbocycles. The Labute approximate surface area is 151 Å². The summed E-state index contributed by atoms with van der Waals surface area (Å²) in [5, 5.41) is 0. The zero-order chi connectivity index (χ0) is 17.9. The van der Waals surface area contributed by atoms with Gasteiger partial charge in [0.25, 0.3) is 0 Å². The first-order valence-electron chi connectivity index (χ1n) is 9.00. The van der Waals surface area contributed by atoms with Crippen molar-refractivity contribution < 1.29 is 4.74 Å². The van der Waals surface area contributed by atoms with Crippen molar-refractivity contribution in [2.75, 3.05) is 27.3 Å². The van der Waals surface area contributed by atoms with Crippen LogP contribution in [0.1, 0.15) is 37.2 Å². The topological polar surface area (TPSA) is 38.2 Å². The summed E-state index contributed by atoms with van der Waals surface area (Å²) in [4.78, 5) is 11.3. The highest BCUT2D eigenvalue weighted by Gasteiger charge is 2.61. The normalized spacial score (nSPS) is 21.5. The van der Waals surface area contributed by atoms with Crippen LogP contribution in [0.3, 0.4) is 0 Å². The molecule has 4 nitrogen and oxygen atoms in total. The van der Waals surface area contributed by atoms with E-state index in [1.54, 1.807) is 7.11 Å². The van der Waals surface area contributed by atoms with Gasteiger partial charge in [-0.05, 0) is 24.4 Å². The largest absolute Gasteiger partial charge is 0.384 e. The first-order chi connectivity index (χ1) is 12.0. The van der Waals surface area contributed by atoms with Crippen molar-refractivity contribution in [3.63, 3.8) is 0 Å². The second-order valence-corrected chi connectivity index (χ2v) is 7.93. The molecule has 1 aromatic carbocycles. The number of rotatable bonds is 8. The maximum atomic E-state index is 5.08. The molecule has 2 aromatic rings. The van der Waals surface area contributed by atoms with Gasteiger partial charge in [0, 0.05) is 50.0 Å². The van der Waals surface area contributed by atoms with E-state index in [1.165, 1.54) is 12.0 Å². The van der Waals surface area contributed by atoms with Gasteiger partial charge in [-0.3, -0.25) is 0 Å². The fourth-order valence-corrected chi connectivity index (χ4v) is 3.94. The lowest BCUT2D eigenvalue weighted by molar-refractivity contribution is 0.200. The van der Waals surface area contributed by atoms with Gasteiger partial charge in [0.05, 0.1) is 6.61 Å². The average Bonchev–Trinajstić information content (AvgIpc) is 3.16. The summed E-state index contributed by atoms with van der Waals surface area (Å²) in [6.07, 6.45) is 5.89. The summed E-state index contributed by atoms with van der Waals surface area (Å²) in [7, 11) is 3.89. The number of ether oxygens (including phenoxy) is 1. The molecular formula is C21H29N3O. The summed E-state index contributed by atoms with van der Waals surface area (Å²) in [5.41, 5.74) is 3.22. The molecule has 0 bridgehead atoms. The monoisotopic (exact) mass is 339 g/mol. The molecule has 25 heavy (non-hydrogen) atoms. The van der Waals surface area contributed by atoms with Crippen LogP contribution in [0, 0.1) is 5.41 Å². The number of benzene rings is 1. The number of methoxy groups -OCH3 is 1. The molecule has 1 heterocycles. The van der Waals surface area contributed by atoms with Crippen molar-refractivity contribution >= 4 is 0 Å². The number of hydrogen-bond donors (Lipinski definition) is 0. The molecule has 0 spiro atoms. The lowest BCUT2D eigenvalue weighted by Gasteiger charge is -2.27. The van der Waals surface area contributed by atoms with E-state index in [0.717, 1.165) is 30.9 Å². The van der Waals surface area contributed by atoms with E-state index in [2.05, 4.69) is 66.1 Å². The van der Waals surface area contributed by atoms with Crippen molar-refractivity contribution in [2.24, 2.45) is 5.41 Å². The second kappa shape index (κ2) is 7.22. The third-order valence-electron chi connectivity index (χ3n) is 5.52. The van der Waals surface area contributed by atoms with Crippen LogP contribution in [-0.4, -0.2) is 42.2 Å². The molecule has 3 rings (SSSR count). The van der Waals surface area contributed by atoms with Crippen molar-refractivity contribution in [3.05, 3.63) is 59.7 Å². The molecule has 1 fully saturated rings. The molecule has 0 N–H and O–H groups in total. The fraction of sp³-hybridized carbons (Fsp3) is 0.524. The van der Waals surface area contributed by atoms with Crippen LogP contribution in [0.2, 0.25) is 0 Å². The highest BCUT2D eigenvalue weighted by Crippen LogP contribution is 2.64. The minimum Gasteiger partial charge on any atom is -0.384 e. The molecule has 4 heteroatoms. The molecule has 0 aliphatic heterocycles. The summed E-state index contributed by atoms with van der Waals surface area (Å²) in [5.74, 6) is 0.845. The van der Waals surface area contributed by atoms with E-state index in [0.29, 0.717) is 12.0 Å². The highest BCUT2D eigenvalue weighted by molar-refractivity contribution is 5.37. The van der Waals surface area contributed by atoms with Crippen molar-refractivity contribution in [3.8, 4) is 0 Å². The van der Waals surface area contributed by atoms with Gasteiger partial charge in [0.1, 0.15) is 5.82 Å². The van der Waals surface area contributed by atoms with Crippen LogP contribution in [0.15, 0.2) is 42.7 Å². The maximum absolute atomic E-state index is 5.08. The Balaban J connectivity index is 1.64. The van der Waals surface area contributed by atoms with Crippen LogP contribution >= 0.6 is 0 Å². The van der Waals surface area contributed by atoms with Crippen molar-refractivity contribution in [1.82, 2.24) is 14.9 Å². The summed E-state index contributed by atoms with van der Waals surface area (Å²) >= 11 is 0. The molecule has 1 unspecified atom stereocenters. The van der Waals surface area contributed by atoms with E-state index in [-0.39, 0.29) is 5.41 Å². The molecule has 1 aromatic heterocycles. The molecule has 0 radical (unpaired) electrons. The smallest absolute Gasteiger partial charge is 0.130 e. The standard InChI is InChI=1S/C21H29N3O/c1-20(2)15-21(20,18-8-6-5-7-9-18)16-24(3)14-17-12-22-19(23-13-17)10-11-25-4/h5-9,12-13H,10-11,14-16H2,1-4H3. The summed E-state index contributed by atoms with van der Waals surface area (Å²) < 4.78 is 5.08. The predicted molar refractivity (Wildman–Crippen MR) is 100 cm³/mol. The molecule has 1 atom stereocenters. The zero-order valence-electron chi connectivity index (χ0n) is 15.8. The van der Waals surface area contributed by atoms with Gasteiger partial charge in [-0.25, -0.2) is 9.97 Å². The molecular weight excluding hydrogens is 310 g/mol. The fourth-order valence-electron chi connectivity index (χ4n) is 3.94. The van der Waals surface area contributed by atoms with Crippen molar-refractivity contribution in [2.45, 2.75) is 38.6 Å². The quantitative estimate of drug-likeness (QED) is 0.738. The van der Waals surface area contributed by atoms with E-state index in [1.807, 2.05) is 12.4 Å². The molecule has 1 aliphatic rings. The van der Waals surface area contributed by atoms with Crippen LogP contribution in [0.4, 0.5) is 0 Å². The Hall–Kier alpha value is -1.78.